The Bertz CT molecular complexity index is 1260. The Morgan fingerprint density at radius 3 is 2.48 bits per heavy atom. The molecule has 29 heavy (non-hydrogen) atoms. The third kappa shape index (κ3) is 3.31. The summed E-state index contributed by atoms with van der Waals surface area (Å²) in [5.74, 6) is -3.20. The maximum Gasteiger partial charge on any atom is 0.450 e. The van der Waals surface area contributed by atoms with E-state index in [1.54, 1.807) is 0 Å². The molecule has 0 spiro atoms. The Kier molecular flexibility index (Phi) is 4.30. The van der Waals surface area contributed by atoms with Crippen molar-refractivity contribution in [2.45, 2.75) is 12.7 Å². The molecule has 6 nitrogen and oxygen atoms in total. The zero-order valence-corrected chi connectivity index (χ0v) is 14.6. The van der Waals surface area contributed by atoms with Crippen molar-refractivity contribution in [2.24, 2.45) is 0 Å². The summed E-state index contributed by atoms with van der Waals surface area (Å²) in [4.78, 5) is 12.8. The van der Waals surface area contributed by atoms with Gasteiger partial charge in [-0.2, -0.15) is 18.3 Å². The molecule has 4 rings (SSSR count). The van der Waals surface area contributed by atoms with Gasteiger partial charge in [-0.25, -0.2) is 0 Å². The topological polar surface area (TPSA) is 88.5 Å². The van der Waals surface area contributed by atoms with Gasteiger partial charge in [-0.15, -0.1) is 0 Å². The Morgan fingerprint density at radius 2 is 1.79 bits per heavy atom. The van der Waals surface area contributed by atoms with Crippen LogP contribution in [0.25, 0.3) is 22.1 Å². The van der Waals surface area contributed by atoms with Crippen LogP contribution >= 0.6 is 0 Å². The summed E-state index contributed by atoms with van der Waals surface area (Å²) in [6.07, 6.45) is -2.54. The Labute approximate surface area is 161 Å². The van der Waals surface area contributed by atoms with E-state index in [4.69, 9.17) is 4.42 Å². The quantitative estimate of drug-likeness (QED) is 0.503. The lowest BCUT2D eigenvalue weighted by Crippen LogP contribution is -2.16. The molecule has 2 aromatic carbocycles. The summed E-state index contributed by atoms with van der Waals surface area (Å²) in [5, 5.41) is 23.1. The predicted molar refractivity (Wildman–Crippen MR) is 97.6 cm³/mol. The number of halogens is 3. The molecule has 0 aliphatic heterocycles. The first-order chi connectivity index (χ1) is 13.8. The van der Waals surface area contributed by atoms with Crippen LogP contribution in [0, 0.1) is 0 Å². The Morgan fingerprint density at radius 1 is 1.07 bits per heavy atom. The molecular formula is C20H13F3N2O4. The number of rotatable bonds is 3. The lowest BCUT2D eigenvalue weighted by Gasteiger charge is -2.12. The number of aromatic nitrogens is 2. The van der Waals surface area contributed by atoms with E-state index in [1.165, 1.54) is 10.9 Å². The molecule has 0 aliphatic carbocycles. The fourth-order valence-electron chi connectivity index (χ4n) is 3.05. The fourth-order valence-corrected chi connectivity index (χ4v) is 3.05. The summed E-state index contributed by atoms with van der Waals surface area (Å²) in [7, 11) is 0. The van der Waals surface area contributed by atoms with E-state index in [0.717, 1.165) is 23.9 Å². The lowest BCUT2D eigenvalue weighted by molar-refractivity contribution is -0.152. The van der Waals surface area contributed by atoms with Gasteiger partial charge >= 0.3 is 6.18 Å². The van der Waals surface area contributed by atoms with Gasteiger partial charge in [0, 0.05) is 11.8 Å². The van der Waals surface area contributed by atoms with E-state index < -0.39 is 40.0 Å². The van der Waals surface area contributed by atoms with Gasteiger partial charge < -0.3 is 14.6 Å². The van der Waals surface area contributed by atoms with Crippen LogP contribution in [0.3, 0.4) is 0 Å². The molecule has 0 amide bonds. The largest absolute Gasteiger partial charge is 0.504 e. The highest BCUT2D eigenvalue weighted by atomic mass is 19.4. The van der Waals surface area contributed by atoms with E-state index in [9.17, 15) is 28.2 Å². The zero-order chi connectivity index (χ0) is 20.8. The third-order valence-corrected chi connectivity index (χ3v) is 4.38. The van der Waals surface area contributed by atoms with Gasteiger partial charge in [-0.05, 0) is 17.7 Å². The predicted octanol–water partition coefficient (Wildman–Crippen LogP) is 4.13. The minimum Gasteiger partial charge on any atom is -0.504 e. The molecule has 148 valence electrons. The summed E-state index contributed by atoms with van der Waals surface area (Å²) < 4.78 is 47.1. The number of benzene rings is 2. The van der Waals surface area contributed by atoms with Crippen LogP contribution in [-0.4, -0.2) is 20.0 Å². The van der Waals surface area contributed by atoms with Gasteiger partial charge in [0.15, 0.2) is 11.3 Å². The van der Waals surface area contributed by atoms with E-state index >= 15 is 0 Å². The number of phenols is 2. The van der Waals surface area contributed by atoms with Crippen molar-refractivity contribution in [3.8, 4) is 22.6 Å². The lowest BCUT2D eigenvalue weighted by atomic mass is 10.0. The average molecular weight is 402 g/mol. The van der Waals surface area contributed by atoms with Crippen LogP contribution in [0.1, 0.15) is 11.3 Å². The van der Waals surface area contributed by atoms with Gasteiger partial charge in [0.1, 0.15) is 0 Å². The minimum absolute atomic E-state index is 0.0727. The van der Waals surface area contributed by atoms with Crippen LogP contribution in [0.15, 0.2) is 64.1 Å². The zero-order valence-electron chi connectivity index (χ0n) is 14.6. The molecule has 0 unspecified atom stereocenters. The smallest absolute Gasteiger partial charge is 0.450 e. The Balaban J connectivity index is 1.90. The van der Waals surface area contributed by atoms with Crippen LogP contribution in [0.2, 0.25) is 0 Å². The van der Waals surface area contributed by atoms with Gasteiger partial charge in [-0.3, -0.25) is 9.48 Å². The molecule has 0 saturated carbocycles. The van der Waals surface area contributed by atoms with Crippen LogP contribution < -0.4 is 5.43 Å². The highest BCUT2D eigenvalue weighted by molar-refractivity contribution is 5.88. The van der Waals surface area contributed by atoms with Gasteiger partial charge in [-0.1, -0.05) is 30.3 Å². The molecule has 0 atom stereocenters. The van der Waals surface area contributed by atoms with Crippen LogP contribution in [0.5, 0.6) is 11.5 Å². The van der Waals surface area contributed by atoms with Crippen molar-refractivity contribution in [1.82, 2.24) is 9.78 Å². The number of alkyl halides is 3. The molecule has 0 saturated heterocycles. The summed E-state index contributed by atoms with van der Waals surface area (Å²) in [6.45, 7) is 0.301. The first-order valence-electron chi connectivity index (χ1n) is 8.41. The minimum atomic E-state index is -5.01. The summed E-state index contributed by atoms with van der Waals surface area (Å²) >= 11 is 0. The van der Waals surface area contributed by atoms with E-state index in [2.05, 4.69) is 5.10 Å². The molecule has 2 heterocycles. The molecule has 9 heteroatoms. The van der Waals surface area contributed by atoms with Crippen molar-refractivity contribution in [3.63, 3.8) is 0 Å². The van der Waals surface area contributed by atoms with E-state index in [1.807, 2.05) is 30.3 Å². The molecule has 2 aromatic heterocycles. The van der Waals surface area contributed by atoms with Gasteiger partial charge in [0.25, 0.3) is 0 Å². The number of hydrogen-bond donors (Lipinski definition) is 2. The monoisotopic (exact) mass is 402 g/mol. The number of fused-ring (bicyclic) bond motifs is 1. The number of nitrogens with zero attached hydrogens (tertiary/aromatic N) is 2. The second-order valence-corrected chi connectivity index (χ2v) is 6.36. The van der Waals surface area contributed by atoms with Crippen molar-refractivity contribution < 1.29 is 27.8 Å². The molecule has 4 aromatic rings. The number of hydrogen-bond acceptors (Lipinski definition) is 5. The molecule has 0 fully saturated rings. The molecule has 0 radical (unpaired) electrons. The second kappa shape index (κ2) is 6.69. The first-order valence-corrected chi connectivity index (χ1v) is 8.41. The van der Waals surface area contributed by atoms with Gasteiger partial charge in [0.05, 0.1) is 23.7 Å². The summed E-state index contributed by atoms with van der Waals surface area (Å²) in [5.41, 5.74) is -1.63. The first kappa shape index (κ1) is 18.6. The standard InChI is InChI=1S/C20H13F3N2O4/c21-20(22,23)19-15(16(27)13-6-7-14(26)17(28)18(13)29-19)12-8-24-25(10-12)9-11-4-2-1-3-5-11/h1-8,10,26,28H,9H2. The van der Waals surface area contributed by atoms with Gasteiger partial charge in [0.2, 0.25) is 16.9 Å². The maximum absolute atomic E-state index is 13.6. The van der Waals surface area contributed by atoms with Crippen LogP contribution in [-0.2, 0) is 12.7 Å². The van der Waals surface area contributed by atoms with Crippen LogP contribution in [0.4, 0.5) is 13.2 Å². The number of aromatic hydroxyl groups is 2. The average Bonchev–Trinajstić information content (AvgIpc) is 3.12. The van der Waals surface area contributed by atoms with Crippen molar-refractivity contribution in [2.75, 3.05) is 0 Å². The normalized spacial score (nSPS) is 11.8. The molecule has 0 aliphatic rings. The van der Waals surface area contributed by atoms with Crippen molar-refractivity contribution in [1.29, 1.82) is 0 Å². The third-order valence-electron chi connectivity index (χ3n) is 4.38. The SMILES string of the molecule is O=c1c(-c2cnn(Cc3ccccc3)c2)c(C(F)(F)F)oc2c(O)c(O)ccc12. The summed E-state index contributed by atoms with van der Waals surface area (Å²) in [6, 6.07) is 11.2. The Hall–Kier alpha value is -3.75. The van der Waals surface area contributed by atoms with E-state index in [0.29, 0.717) is 6.54 Å². The second-order valence-electron chi connectivity index (χ2n) is 6.36. The highest BCUT2D eigenvalue weighted by Gasteiger charge is 2.40. The highest BCUT2D eigenvalue weighted by Crippen LogP contribution is 2.40. The fraction of sp³-hybridized carbons (Fsp3) is 0.100. The van der Waals surface area contributed by atoms with Crippen molar-refractivity contribution in [3.05, 3.63) is 76.4 Å². The molecular weight excluding hydrogens is 389 g/mol. The number of phenolic OH excluding ortho intramolecular Hbond substituents is 2. The molecule has 0 bridgehead atoms. The van der Waals surface area contributed by atoms with Crippen molar-refractivity contribution >= 4 is 11.0 Å². The molecule has 2 N–H and O–H groups in total. The maximum atomic E-state index is 13.6. The van der Waals surface area contributed by atoms with E-state index in [-0.39, 0.29) is 10.9 Å².